The lowest BCUT2D eigenvalue weighted by Crippen LogP contribution is -2.26. The first kappa shape index (κ1) is 13.7. The molecule has 1 aromatic rings. The Labute approximate surface area is 113 Å². The van der Waals surface area contributed by atoms with Crippen LogP contribution in [0.3, 0.4) is 0 Å². The molecule has 1 aliphatic carbocycles. The molecule has 2 rings (SSSR count). The predicted octanol–water partition coefficient (Wildman–Crippen LogP) is 4.42. The zero-order valence-corrected chi connectivity index (χ0v) is 11.7. The number of alkyl halides is 1. The van der Waals surface area contributed by atoms with E-state index in [0.717, 1.165) is 18.4 Å². The van der Waals surface area contributed by atoms with E-state index in [4.69, 9.17) is 16.3 Å². The van der Waals surface area contributed by atoms with E-state index in [1.807, 2.05) is 12.1 Å². The number of rotatable bonds is 3. The van der Waals surface area contributed by atoms with Crippen LogP contribution in [0.15, 0.2) is 18.2 Å². The molecule has 3 atom stereocenters. The SMILES string of the molecule is COc1cccc(CC2CC(C)CCC2Cl)c1F. The van der Waals surface area contributed by atoms with Crippen LogP contribution in [0.1, 0.15) is 31.7 Å². The van der Waals surface area contributed by atoms with E-state index in [1.165, 1.54) is 13.5 Å². The van der Waals surface area contributed by atoms with Crippen molar-refractivity contribution in [2.24, 2.45) is 11.8 Å². The van der Waals surface area contributed by atoms with Crippen LogP contribution in [-0.4, -0.2) is 12.5 Å². The summed E-state index contributed by atoms with van der Waals surface area (Å²) in [5.41, 5.74) is 0.721. The van der Waals surface area contributed by atoms with Crippen LogP contribution in [0.25, 0.3) is 0 Å². The summed E-state index contributed by atoms with van der Waals surface area (Å²) < 4.78 is 19.1. The highest BCUT2D eigenvalue weighted by Gasteiger charge is 2.28. The maximum absolute atomic E-state index is 14.1. The molecule has 0 aliphatic heterocycles. The number of hydrogen-bond donors (Lipinski definition) is 0. The Bertz CT molecular complexity index is 407. The van der Waals surface area contributed by atoms with Gasteiger partial charge in [-0.05, 0) is 49.1 Å². The van der Waals surface area contributed by atoms with Gasteiger partial charge in [0.05, 0.1) is 7.11 Å². The third kappa shape index (κ3) is 2.97. The molecule has 100 valence electrons. The lowest BCUT2D eigenvalue weighted by atomic mass is 9.79. The Hall–Kier alpha value is -0.760. The van der Waals surface area contributed by atoms with Crippen molar-refractivity contribution < 1.29 is 9.13 Å². The van der Waals surface area contributed by atoms with E-state index in [1.54, 1.807) is 6.07 Å². The smallest absolute Gasteiger partial charge is 0.168 e. The average Bonchev–Trinajstić information content (AvgIpc) is 2.36. The molecule has 0 spiro atoms. The number of halogens is 2. The molecule has 1 aromatic carbocycles. The monoisotopic (exact) mass is 270 g/mol. The average molecular weight is 271 g/mol. The van der Waals surface area contributed by atoms with Gasteiger partial charge in [-0.15, -0.1) is 11.6 Å². The molecule has 0 amide bonds. The maximum Gasteiger partial charge on any atom is 0.168 e. The minimum Gasteiger partial charge on any atom is -0.494 e. The molecule has 0 bridgehead atoms. The number of methoxy groups -OCH3 is 1. The Kier molecular flexibility index (Phi) is 4.50. The first-order valence-corrected chi connectivity index (χ1v) is 7.01. The molecule has 0 heterocycles. The second-order valence-electron chi connectivity index (χ2n) is 5.33. The number of hydrogen-bond acceptors (Lipinski definition) is 1. The molecule has 1 nitrogen and oxygen atoms in total. The summed E-state index contributed by atoms with van der Waals surface area (Å²) in [5.74, 6) is 1.15. The largest absolute Gasteiger partial charge is 0.494 e. The molecule has 0 saturated heterocycles. The Morgan fingerprint density at radius 2 is 2.17 bits per heavy atom. The van der Waals surface area contributed by atoms with Crippen molar-refractivity contribution in [3.63, 3.8) is 0 Å². The molecular weight excluding hydrogens is 251 g/mol. The summed E-state index contributed by atoms with van der Waals surface area (Å²) >= 11 is 6.37. The highest BCUT2D eigenvalue weighted by atomic mass is 35.5. The van der Waals surface area contributed by atoms with Gasteiger partial charge in [-0.25, -0.2) is 4.39 Å². The summed E-state index contributed by atoms with van der Waals surface area (Å²) in [7, 11) is 1.50. The molecule has 1 aliphatic rings. The molecule has 3 unspecified atom stereocenters. The minimum atomic E-state index is -0.234. The maximum atomic E-state index is 14.1. The fraction of sp³-hybridized carbons (Fsp3) is 0.600. The minimum absolute atomic E-state index is 0.173. The summed E-state index contributed by atoms with van der Waals surface area (Å²) in [5, 5.41) is 0.173. The summed E-state index contributed by atoms with van der Waals surface area (Å²) in [6.45, 7) is 2.25. The van der Waals surface area contributed by atoms with Crippen LogP contribution in [0.2, 0.25) is 0 Å². The van der Waals surface area contributed by atoms with Crippen molar-refractivity contribution in [2.75, 3.05) is 7.11 Å². The van der Waals surface area contributed by atoms with Crippen LogP contribution in [-0.2, 0) is 6.42 Å². The molecule has 1 saturated carbocycles. The Balaban J connectivity index is 2.13. The Morgan fingerprint density at radius 1 is 1.39 bits per heavy atom. The lowest BCUT2D eigenvalue weighted by molar-refractivity contribution is 0.284. The van der Waals surface area contributed by atoms with Gasteiger partial charge < -0.3 is 4.74 Å². The molecule has 0 radical (unpaired) electrons. The van der Waals surface area contributed by atoms with Crippen molar-refractivity contribution in [2.45, 2.75) is 38.0 Å². The molecule has 3 heteroatoms. The standard InChI is InChI=1S/C15H20ClFO/c1-10-6-7-13(16)12(8-10)9-11-4-3-5-14(18-2)15(11)17/h3-5,10,12-13H,6-9H2,1-2H3. The van der Waals surface area contributed by atoms with E-state index < -0.39 is 0 Å². The zero-order valence-electron chi connectivity index (χ0n) is 11.0. The quantitative estimate of drug-likeness (QED) is 0.739. The van der Waals surface area contributed by atoms with Crippen molar-refractivity contribution in [3.05, 3.63) is 29.6 Å². The molecule has 1 fully saturated rings. The van der Waals surface area contributed by atoms with Gasteiger partial charge in [-0.3, -0.25) is 0 Å². The fourth-order valence-corrected chi connectivity index (χ4v) is 3.14. The topological polar surface area (TPSA) is 9.23 Å². The Morgan fingerprint density at radius 3 is 2.89 bits per heavy atom. The molecule has 0 aromatic heterocycles. The van der Waals surface area contributed by atoms with Gasteiger partial charge in [0, 0.05) is 5.38 Å². The van der Waals surface area contributed by atoms with E-state index in [9.17, 15) is 4.39 Å². The third-order valence-corrected chi connectivity index (χ3v) is 4.47. The first-order valence-electron chi connectivity index (χ1n) is 6.57. The van der Waals surface area contributed by atoms with Crippen LogP contribution in [0.4, 0.5) is 4.39 Å². The van der Waals surface area contributed by atoms with Crippen LogP contribution < -0.4 is 4.74 Å². The highest BCUT2D eigenvalue weighted by molar-refractivity contribution is 6.20. The van der Waals surface area contributed by atoms with Crippen LogP contribution in [0, 0.1) is 17.7 Å². The van der Waals surface area contributed by atoms with Crippen molar-refractivity contribution >= 4 is 11.6 Å². The zero-order chi connectivity index (χ0) is 13.1. The summed E-state index contributed by atoms with van der Waals surface area (Å²) in [6, 6.07) is 5.33. The van der Waals surface area contributed by atoms with Crippen molar-refractivity contribution in [3.8, 4) is 5.75 Å². The summed E-state index contributed by atoms with van der Waals surface area (Å²) in [4.78, 5) is 0. The first-order chi connectivity index (χ1) is 8.61. The van der Waals surface area contributed by atoms with Gasteiger partial charge in [-0.1, -0.05) is 19.1 Å². The second kappa shape index (κ2) is 5.92. The van der Waals surface area contributed by atoms with Crippen molar-refractivity contribution in [1.29, 1.82) is 0 Å². The van der Waals surface area contributed by atoms with E-state index in [-0.39, 0.29) is 11.2 Å². The van der Waals surface area contributed by atoms with Gasteiger partial charge >= 0.3 is 0 Å². The second-order valence-corrected chi connectivity index (χ2v) is 5.89. The van der Waals surface area contributed by atoms with Crippen LogP contribution >= 0.6 is 11.6 Å². The third-order valence-electron chi connectivity index (χ3n) is 3.90. The van der Waals surface area contributed by atoms with E-state index >= 15 is 0 Å². The van der Waals surface area contributed by atoms with Gasteiger partial charge in [0.2, 0.25) is 0 Å². The van der Waals surface area contributed by atoms with E-state index in [2.05, 4.69) is 6.92 Å². The highest BCUT2D eigenvalue weighted by Crippen LogP contribution is 2.35. The summed E-state index contributed by atoms with van der Waals surface area (Å²) in [6.07, 6.45) is 4.02. The predicted molar refractivity (Wildman–Crippen MR) is 72.8 cm³/mol. The van der Waals surface area contributed by atoms with E-state index in [0.29, 0.717) is 24.0 Å². The fourth-order valence-electron chi connectivity index (χ4n) is 2.83. The van der Waals surface area contributed by atoms with Gasteiger partial charge in [0.1, 0.15) is 0 Å². The van der Waals surface area contributed by atoms with Crippen LogP contribution in [0.5, 0.6) is 5.75 Å². The number of benzene rings is 1. The number of ether oxygens (including phenoxy) is 1. The molecule has 0 N–H and O–H groups in total. The van der Waals surface area contributed by atoms with Crippen molar-refractivity contribution in [1.82, 2.24) is 0 Å². The van der Waals surface area contributed by atoms with Gasteiger partial charge in [0.15, 0.2) is 11.6 Å². The lowest BCUT2D eigenvalue weighted by Gasteiger charge is -2.31. The normalized spacial score (nSPS) is 28.1. The van der Waals surface area contributed by atoms with Gasteiger partial charge in [0.25, 0.3) is 0 Å². The molecular formula is C15H20ClFO. The van der Waals surface area contributed by atoms with Gasteiger partial charge in [-0.2, -0.15) is 0 Å². The molecule has 18 heavy (non-hydrogen) atoms.